The summed E-state index contributed by atoms with van der Waals surface area (Å²) in [6.07, 6.45) is 3.94. The van der Waals surface area contributed by atoms with Crippen LogP contribution in [0.5, 0.6) is 0 Å². The van der Waals surface area contributed by atoms with E-state index in [0.717, 1.165) is 31.4 Å². The van der Waals surface area contributed by atoms with E-state index in [2.05, 4.69) is 45.8 Å². The summed E-state index contributed by atoms with van der Waals surface area (Å²) in [7, 11) is 0. The molecule has 1 atom stereocenters. The number of fused-ring (bicyclic) bond motifs is 1. The van der Waals surface area contributed by atoms with Crippen molar-refractivity contribution in [3.8, 4) is 11.8 Å². The quantitative estimate of drug-likeness (QED) is 0.804. The van der Waals surface area contributed by atoms with Gasteiger partial charge in [0.25, 0.3) is 0 Å². The van der Waals surface area contributed by atoms with Crippen molar-refractivity contribution in [2.75, 3.05) is 6.54 Å². The molecule has 19 heavy (non-hydrogen) atoms. The van der Waals surface area contributed by atoms with Crippen LogP contribution in [0.2, 0.25) is 0 Å². The molecule has 0 amide bonds. The van der Waals surface area contributed by atoms with Crippen molar-refractivity contribution in [2.45, 2.75) is 39.3 Å². The van der Waals surface area contributed by atoms with Crippen LogP contribution < -0.4 is 5.32 Å². The highest BCUT2D eigenvalue weighted by molar-refractivity contribution is 5.74. The minimum Gasteiger partial charge on any atom is -0.329 e. The number of imidazole rings is 1. The molecule has 0 aliphatic rings. The Morgan fingerprint density at radius 2 is 2.21 bits per heavy atom. The van der Waals surface area contributed by atoms with Crippen LogP contribution in [0.1, 0.15) is 26.7 Å². The summed E-state index contributed by atoms with van der Waals surface area (Å²) in [5.41, 5.74) is 2.24. The summed E-state index contributed by atoms with van der Waals surface area (Å²) >= 11 is 0. The fraction of sp³-hybridized carbons (Fsp3) is 0.438. The molecule has 0 fully saturated rings. The van der Waals surface area contributed by atoms with Crippen molar-refractivity contribution < 1.29 is 0 Å². The number of hydrogen-bond acceptors (Lipinski definition) is 2. The highest BCUT2D eigenvalue weighted by Crippen LogP contribution is 2.12. The largest absolute Gasteiger partial charge is 0.329 e. The maximum Gasteiger partial charge on any atom is 0.0958 e. The summed E-state index contributed by atoms with van der Waals surface area (Å²) in [5.74, 6) is 6.15. The number of nitrogens with zero attached hydrogens (tertiary/aromatic N) is 2. The van der Waals surface area contributed by atoms with Crippen molar-refractivity contribution in [1.82, 2.24) is 14.9 Å². The van der Waals surface area contributed by atoms with Crippen LogP contribution in [0.3, 0.4) is 0 Å². The van der Waals surface area contributed by atoms with E-state index in [-0.39, 0.29) is 0 Å². The van der Waals surface area contributed by atoms with Gasteiger partial charge in [0.2, 0.25) is 0 Å². The molecule has 2 aromatic rings. The summed E-state index contributed by atoms with van der Waals surface area (Å²) in [6, 6.07) is 8.62. The van der Waals surface area contributed by atoms with Gasteiger partial charge in [-0.1, -0.05) is 19.1 Å². The van der Waals surface area contributed by atoms with Crippen LogP contribution in [0.25, 0.3) is 11.0 Å². The molecule has 0 radical (unpaired) electrons. The number of aromatic nitrogens is 2. The van der Waals surface area contributed by atoms with E-state index in [0.29, 0.717) is 6.04 Å². The highest BCUT2D eigenvalue weighted by atomic mass is 15.1. The Hall–Kier alpha value is -1.79. The topological polar surface area (TPSA) is 29.9 Å². The highest BCUT2D eigenvalue weighted by Gasteiger charge is 2.09. The third-order valence-electron chi connectivity index (χ3n) is 3.15. The standard InChI is InChI=1S/C16H21N3/c1-3-5-8-14(17-11-4-2)12-19-13-18-15-9-6-7-10-16(15)19/h6-7,9-10,13-14,17H,4,8,11-12H2,1-2H3. The van der Waals surface area contributed by atoms with Gasteiger partial charge in [0.15, 0.2) is 0 Å². The van der Waals surface area contributed by atoms with Gasteiger partial charge in [0, 0.05) is 19.0 Å². The summed E-state index contributed by atoms with van der Waals surface area (Å²) in [5, 5.41) is 3.56. The SMILES string of the molecule is CC#CCC(Cn1cnc2ccccc21)NCCC. The van der Waals surface area contributed by atoms with E-state index < -0.39 is 0 Å². The van der Waals surface area contributed by atoms with Gasteiger partial charge in [-0.25, -0.2) is 4.98 Å². The zero-order valence-electron chi connectivity index (χ0n) is 11.7. The van der Waals surface area contributed by atoms with Crippen LogP contribution >= 0.6 is 0 Å². The van der Waals surface area contributed by atoms with E-state index in [9.17, 15) is 0 Å². The summed E-state index contributed by atoms with van der Waals surface area (Å²) in [6.45, 7) is 6.02. The molecule has 3 heteroatoms. The number of rotatable bonds is 6. The molecule has 0 spiro atoms. The van der Waals surface area contributed by atoms with Crippen LogP contribution in [0, 0.1) is 11.8 Å². The Balaban J connectivity index is 2.12. The Morgan fingerprint density at radius 1 is 1.37 bits per heavy atom. The number of para-hydroxylation sites is 2. The zero-order valence-corrected chi connectivity index (χ0v) is 11.7. The predicted octanol–water partition coefficient (Wildman–Crippen LogP) is 2.82. The molecule has 2 rings (SSSR count). The van der Waals surface area contributed by atoms with E-state index in [1.54, 1.807) is 0 Å². The Bertz CT molecular complexity index is 574. The number of hydrogen-bond donors (Lipinski definition) is 1. The molecule has 0 aliphatic heterocycles. The van der Waals surface area contributed by atoms with E-state index in [4.69, 9.17) is 0 Å². The summed E-state index contributed by atoms with van der Waals surface area (Å²) < 4.78 is 2.21. The minimum atomic E-state index is 0.380. The first-order chi connectivity index (χ1) is 9.35. The normalized spacial score (nSPS) is 12.1. The Kier molecular flexibility index (Phi) is 5.00. The fourth-order valence-electron chi connectivity index (χ4n) is 2.17. The van der Waals surface area contributed by atoms with Gasteiger partial charge in [-0.05, 0) is 32.0 Å². The van der Waals surface area contributed by atoms with Gasteiger partial charge >= 0.3 is 0 Å². The van der Waals surface area contributed by atoms with E-state index in [1.807, 2.05) is 25.4 Å². The first-order valence-corrected chi connectivity index (χ1v) is 6.88. The molecule has 1 N–H and O–H groups in total. The third-order valence-corrected chi connectivity index (χ3v) is 3.15. The van der Waals surface area contributed by atoms with Crippen LogP contribution in [-0.2, 0) is 6.54 Å². The molecule has 0 saturated carbocycles. The van der Waals surface area contributed by atoms with Crippen LogP contribution in [0.4, 0.5) is 0 Å². The average Bonchev–Trinajstić information content (AvgIpc) is 2.85. The number of benzene rings is 1. The van der Waals surface area contributed by atoms with Crippen molar-refractivity contribution in [1.29, 1.82) is 0 Å². The molecule has 1 aromatic carbocycles. The fourth-order valence-corrected chi connectivity index (χ4v) is 2.17. The first-order valence-electron chi connectivity index (χ1n) is 6.88. The van der Waals surface area contributed by atoms with Gasteiger partial charge in [0.1, 0.15) is 0 Å². The lowest BCUT2D eigenvalue weighted by molar-refractivity contribution is 0.460. The number of nitrogens with one attached hydrogen (secondary N) is 1. The molecular weight excluding hydrogens is 234 g/mol. The van der Waals surface area contributed by atoms with Crippen molar-refractivity contribution >= 4 is 11.0 Å². The second-order valence-electron chi connectivity index (χ2n) is 4.67. The monoisotopic (exact) mass is 255 g/mol. The maximum atomic E-state index is 4.43. The van der Waals surface area contributed by atoms with Crippen molar-refractivity contribution in [3.05, 3.63) is 30.6 Å². The zero-order chi connectivity index (χ0) is 13.5. The van der Waals surface area contributed by atoms with Gasteiger partial charge in [0.05, 0.1) is 17.4 Å². The summed E-state index contributed by atoms with van der Waals surface area (Å²) in [4.78, 5) is 4.43. The average molecular weight is 255 g/mol. The van der Waals surface area contributed by atoms with Crippen molar-refractivity contribution in [2.24, 2.45) is 0 Å². The van der Waals surface area contributed by atoms with Gasteiger partial charge in [-0.3, -0.25) is 0 Å². The molecule has 0 aliphatic carbocycles. The van der Waals surface area contributed by atoms with E-state index in [1.165, 1.54) is 5.52 Å². The van der Waals surface area contributed by atoms with Crippen molar-refractivity contribution in [3.63, 3.8) is 0 Å². The van der Waals surface area contributed by atoms with Gasteiger partial charge < -0.3 is 9.88 Å². The lowest BCUT2D eigenvalue weighted by atomic mass is 10.2. The van der Waals surface area contributed by atoms with E-state index >= 15 is 0 Å². The molecule has 0 bridgehead atoms. The molecule has 1 unspecified atom stereocenters. The molecular formula is C16H21N3. The maximum absolute atomic E-state index is 4.43. The lowest BCUT2D eigenvalue weighted by Crippen LogP contribution is -2.33. The molecule has 100 valence electrons. The second kappa shape index (κ2) is 6.96. The second-order valence-corrected chi connectivity index (χ2v) is 4.67. The lowest BCUT2D eigenvalue weighted by Gasteiger charge is -2.17. The minimum absolute atomic E-state index is 0.380. The molecule has 1 heterocycles. The van der Waals surface area contributed by atoms with Crippen LogP contribution in [-0.4, -0.2) is 22.1 Å². The first kappa shape index (κ1) is 13.6. The molecule has 1 aromatic heterocycles. The molecule has 3 nitrogen and oxygen atoms in total. The Morgan fingerprint density at radius 3 is 3.00 bits per heavy atom. The van der Waals surface area contributed by atoms with Gasteiger partial charge in [-0.2, -0.15) is 0 Å². The van der Waals surface area contributed by atoms with Gasteiger partial charge in [-0.15, -0.1) is 11.8 Å². The predicted molar refractivity (Wildman–Crippen MR) is 79.9 cm³/mol. The smallest absolute Gasteiger partial charge is 0.0958 e. The van der Waals surface area contributed by atoms with Crippen LogP contribution in [0.15, 0.2) is 30.6 Å². The third kappa shape index (κ3) is 3.59. The molecule has 0 saturated heterocycles. The Labute approximate surface area is 115 Å².